The number of rotatable bonds is 7. The predicted octanol–water partition coefficient (Wildman–Crippen LogP) is 14.5. The Bertz CT molecular complexity index is 2840. The van der Waals surface area contributed by atoms with Crippen molar-refractivity contribution in [3.8, 4) is 27.9 Å². The molecule has 0 spiro atoms. The number of hydrogen-bond acceptors (Lipinski definition) is 1. The molecule has 0 N–H and O–H groups in total. The third-order valence-electron chi connectivity index (χ3n) is 10.8. The first-order valence-electron chi connectivity index (χ1n) is 18.8. The van der Waals surface area contributed by atoms with Crippen molar-refractivity contribution in [1.82, 2.24) is 4.57 Å². The van der Waals surface area contributed by atoms with E-state index in [4.69, 9.17) is 0 Å². The second kappa shape index (κ2) is 13.6. The Hall–Kier alpha value is -6.90. The summed E-state index contributed by atoms with van der Waals surface area (Å²) in [6.07, 6.45) is 8.84. The number of anilines is 3. The molecule has 2 nitrogen and oxygen atoms in total. The Labute approximate surface area is 316 Å². The zero-order valence-corrected chi connectivity index (χ0v) is 29.9. The molecule has 256 valence electrons. The highest BCUT2D eigenvalue weighted by molar-refractivity contribution is 6.18. The smallest absolute Gasteiger partial charge is 0.0547 e. The van der Waals surface area contributed by atoms with E-state index in [1.807, 2.05) is 0 Å². The van der Waals surface area contributed by atoms with E-state index < -0.39 is 0 Å². The fourth-order valence-electron chi connectivity index (χ4n) is 8.21. The maximum atomic E-state index is 2.42. The predicted molar refractivity (Wildman–Crippen MR) is 230 cm³/mol. The average molecular weight is 691 g/mol. The minimum Gasteiger partial charge on any atom is -0.310 e. The molecule has 0 bridgehead atoms. The van der Waals surface area contributed by atoms with Gasteiger partial charge >= 0.3 is 0 Å². The summed E-state index contributed by atoms with van der Waals surface area (Å²) in [6.45, 7) is 0. The molecule has 54 heavy (non-hydrogen) atoms. The lowest BCUT2D eigenvalue weighted by Crippen LogP contribution is -2.10. The van der Waals surface area contributed by atoms with Gasteiger partial charge in [0.25, 0.3) is 0 Å². The first kappa shape index (κ1) is 31.8. The summed E-state index contributed by atoms with van der Waals surface area (Å²) in [4.78, 5) is 2.39. The molecule has 1 heterocycles. The molecule has 0 aliphatic heterocycles. The molecule has 0 unspecified atom stereocenters. The Morgan fingerprint density at radius 3 is 1.80 bits per heavy atom. The van der Waals surface area contributed by atoms with Crippen LogP contribution in [0.25, 0.3) is 66.1 Å². The molecule has 0 atom stereocenters. The number of hydrogen-bond donors (Lipinski definition) is 0. The van der Waals surface area contributed by atoms with Crippen molar-refractivity contribution in [2.75, 3.05) is 4.90 Å². The van der Waals surface area contributed by atoms with E-state index in [2.05, 4.69) is 216 Å². The van der Waals surface area contributed by atoms with Gasteiger partial charge in [-0.25, -0.2) is 0 Å². The lowest BCUT2D eigenvalue weighted by Gasteiger charge is -2.26. The fraction of sp³-hybridized carbons (Fsp3) is 0.0385. The Kier molecular flexibility index (Phi) is 8.00. The molecule has 1 aliphatic rings. The molecular formula is C52H38N2. The van der Waals surface area contributed by atoms with Gasteiger partial charge in [0.15, 0.2) is 0 Å². The first-order valence-corrected chi connectivity index (χ1v) is 18.8. The summed E-state index contributed by atoms with van der Waals surface area (Å²) >= 11 is 0. The van der Waals surface area contributed by atoms with Crippen LogP contribution in [0.15, 0.2) is 206 Å². The molecule has 0 fully saturated rings. The van der Waals surface area contributed by atoms with Crippen LogP contribution in [0.1, 0.15) is 18.4 Å². The quantitative estimate of drug-likeness (QED) is 0.162. The van der Waals surface area contributed by atoms with E-state index in [1.165, 1.54) is 66.0 Å². The van der Waals surface area contributed by atoms with Crippen molar-refractivity contribution < 1.29 is 0 Å². The normalized spacial score (nSPS) is 12.7. The number of benzene rings is 8. The monoisotopic (exact) mass is 690 g/mol. The van der Waals surface area contributed by atoms with Gasteiger partial charge < -0.3 is 9.47 Å². The van der Waals surface area contributed by atoms with Crippen molar-refractivity contribution in [1.29, 1.82) is 0 Å². The number of para-hydroxylation sites is 1. The number of nitrogens with zero attached hydrogens (tertiary/aromatic N) is 2. The highest BCUT2D eigenvalue weighted by atomic mass is 15.1. The molecule has 1 aromatic heterocycles. The minimum atomic E-state index is 1.07. The largest absolute Gasteiger partial charge is 0.310 e. The first-order chi connectivity index (χ1) is 26.8. The van der Waals surface area contributed by atoms with Gasteiger partial charge in [-0.05, 0) is 124 Å². The van der Waals surface area contributed by atoms with Gasteiger partial charge in [-0.2, -0.15) is 0 Å². The summed E-state index contributed by atoms with van der Waals surface area (Å²) in [5.74, 6) is 0. The number of fused-ring (bicyclic) bond motifs is 4. The third-order valence-corrected chi connectivity index (χ3v) is 10.8. The van der Waals surface area contributed by atoms with E-state index >= 15 is 0 Å². The minimum absolute atomic E-state index is 1.07. The van der Waals surface area contributed by atoms with Gasteiger partial charge in [0.1, 0.15) is 0 Å². The molecule has 10 rings (SSSR count). The topological polar surface area (TPSA) is 8.17 Å². The molecule has 1 aliphatic carbocycles. The van der Waals surface area contributed by atoms with Crippen LogP contribution in [-0.2, 0) is 0 Å². The summed E-state index contributed by atoms with van der Waals surface area (Å²) in [7, 11) is 0. The van der Waals surface area contributed by atoms with Crippen LogP contribution in [0.2, 0.25) is 0 Å². The van der Waals surface area contributed by atoms with Crippen LogP contribution >= 0.6 is 0 Å². The van der Waals surface area contributed by atoms with Gasteiger partial charge in [0.2, 0.25) is 0 Å². The van der Waals surface area contributed by atoms with Gasteiger partial charge in [0.05, 0.1) is 11.0 Å². The summed E-state index contributed by atoms with van der Waals surface area (Å²) in [5, 5.41) is 5.00. The highest BCUT2D eigenvalue weighted by Gasteiger charge is 2.19. The maximum Gasteiger partial charge on any atom is 0.0547 e. The van der Waals surface area contributed by atoms with Gasteiger partial charge in [-0.3, -0.25) is 0 Å². The molecule has 2 heteroatoms. The van der Waals surface area contributed by atoms with Crippen molar-refractivity contribution in [3.63, 3.8) is 0 Å². The molecule has 0 saturated carbocycles. The molecule has 0 amide bonds. The van der Waals surface area contributed by atoms with Crippen molar-refractivity contribution in [2.45, 2.75) is 12.8 Å². The van der Waals surface area contributed by atoms with Crippen LogP contribution in [-0.4, -0.2) is 4.57 Å². The van der Waals surface area contributed by atoms with E-state index in [1.54, 1.807) is 0 Å². The van der Waals surface area contributed by atoms with Gasteiger partial charge in [-0.15, -0.1) is 0 Å². The van der Waals surface area contributed by atoms with E-state index in [0.29, 0.717) is 0 Å². The third kappa shape index (κ3) is 5.70. The Morgan fingerprint density at radius 1 is 0.444 bits per heavy atom. The summed E-state index contributed by atoms with van der Waals surface area (Å²) in [5.41, 5.74) is 14.4. The second-order valence-corrected chi connectivity index (χ2v) is 14.1. The van der Waals surface area contributed by atoms with Gasteiger partial charge in [0, 0.05) is 33.5 Å². The van der Waals surface area contributed by atoms with Crippen LogP contribution in [0, 0.1) is 0 Å². The molecular weight excluding hydrogens is 653 g/mol. The van der Waals surface area contributed by atoms with E-state index in [9.17, 15) is 0 Å². The standard InChI is InChI=1S/C52H38N2/c1-4-14-37(15-5-1)39-26-30-45(31-27-39)53(46-32-28-40(29-33-46)38-16-6-2-7-17-38)47-23-12-20-43(34-47)48-24-13-25-50-52(48)49-35-41-18-10-11-19-42(41)36-51(49)54(50)44-21-8-3-9-22-44/h1-6,8-16,18-36H,7,17H2. The van der Waals surface area contributed by atoms with Crippen LogP contribution < -0.4 is 4.90 Å². The van der Waals surface area contributed by atoms with Crippen LogP contribution in [0.4, 0.5) is 17.1 Å². The van der Waals surface area contributed by atoms with Crippen molar-refractivity contribution in [2.24, 2.45) is 0 Å². The fourth-order valence-corrected chi connectivity index (χ4v) is 8.21. The lowest BCUT2D eigenvalue weighted by molar-refractivity contribution is 1.05. The SMILES string of the molecule is C1=CCCC(c2ccc(N(c3ccc(-c4ccccc4)cc3)c3cccc(-c4cccc5c4c4cc6ccccc6cc4n5-c4ccccc4)c3)cc2)=C1. The Morgan fingerprint density at radius 2 is 1.07 bits per heavy atom. The van der Waals surface area contributed by atoms with Crippen molar-refractivity contribution >= 4 is 55.2 Å². The Balaban J connectivity index is 1.14. The number of allylic oxidation sites excluding steroid dienone is 4. The lowest BCUT2D eigenvalue weighted by atomic mass is 9.96. The van der Waals surface area contributed by atoms with Crippen LogP contribution in [0.5, 0.6) is 0 Å². The zero-order chi connectivity index (χ0) is 35.8. The summed E-state index contributed by atoms with van der Waals surface area (Å²) < 4.78 is 2.42. The van der Waals surface area contributed by atoms with E-state index in [0.717, 1.165) is 35.6 Å². The zero-order valence-electron chi connectivity index (χ0n) is 29.9. The molecule has 8 aromatic carbocycles. The molecule has 0 saturated heterocycles. The highest BCUT2D eigenvalue weighted by Crippen LogP contribution is 2.43. The summed E-state index contributed by atoms with van der Waals surface area (Å²) in [6, 6.07) is 68.6. The maximum absolute atomic E-state index is 2.42. The van der Waals surface area contributed by atoms with Crippen molar-refractivity contribution in [3.05, 3.63) is 212 Å². The van der Waals surface area contributed by atoms with Crippen LogP contribution in [0.3, 0.4) is 0 Å². The van der Waals surface area contributed by atoms with E-state index in [-0.39, 0.29) is 0 Å². The van der Waals surface area contributed by atoms with Gasteiger partial charge in [-0.1, -0.05) is 140 Å². The second-order valence-electron chi connectivity index (χ2n) is 14.1. The molecule has 9 aromatic rings. The average Bonchev–Trinajstić information content (AvgIpc) is 3.58. The number of aromatic nitrogens is 1. The molecule has 0 radical (unpaired) electrons.